The fraction of sp³-hybridized carbons (Fsp3) is 0.188. The third kappa shape index (κ3) is 2.98. The first kappa shape index (κ1) is 13.5. The summed E-state index contributed by atoms with van der Waals surface area (Å²) in [5, 5.41) is 10.1. The molecule has 1 unspecified atom stereocenters. The van der Waals surface area contributed by atoms with Crippen molar-refractivity contribution in [1.82, 2.24) is 9.55 Å². The van der Waals surface area contributed by atoms with Crippen molar-refractivity contribution in [1.29, 1.82) is 0 Å². The second-order valence-electron chi connectivity index (χ2n) is 4.63. The molecular formula is C16H16N2O3. The Morgan fingerprint density at radius 1 is 1.10 bits per heavy atom. The predicted molar refractivity (Wildman–Crippen MR) is 79.4 cm³/mol. The van der Waals surface area contributed by atoms with E-state index in [0.717, 1.165) is 16.8 Å². The second-order valence-corrected chi connectivity index (χ2v) is 4.63. The summed E-state index contributed by atoms with van der Waals surface area (Å²) >= 11 is 0. The minimum Gasteiger partial charge on any atom is -0.497 e. The van der Waals surface area contributed by atoms with Crippen LogP contribution < -0.4 is 9.47 Å². The molecule has 0 saturated heterocycles. The fourth-order valence-electron chi connectivity index (χ4n) is 2.17. The molecule has 0 aliphatic heterocycles. The van der Waals surface area contributed by atoms with Crippen LogP contribution in [0.3, 0.4) is 0 Å². The Morgan fingerprint density at radius 3 is 2.57 bits per heavy atom. The molecule has 0 amide bonds. The van der Waals surface area contributed by atoms with Crippen LogP contribution in [0.2, 0.25) is 0 Å². The maximum Gasteiger partial charge on any atom is 0.215 e. The number of nitrogens with zero attached hydrogens (tertiary/aromatic N) is 2. The van der Waals surface area contributed by atoms with E-state index in [0.29, 0.717) is 12.3 Å². The number of hydrogen-bond acceptors (Lipinski definition) is 4. The van der Waals surface area contributed by atoms with Crippen LogP contribution in [-0.4, -0.2) is 28.1 Å². The summed E-state index contributed by atoms with van der Waals surface area (Å²) in [5.74, 6) is 1.34. The maximum absolute atomic E-state index is 10.1. The summed E-state index contributed by atoms with van der Waals surface area (Å²) in [5.41, 5.74) is 1.86. The number of benzene rings is 2. The van der Waals surface area contributed by atoms with E-state index in [2.05, 4.69) is 4.98 Å². The Hall–Kier alpha value is -2.53. The van der Waals surface area contributed by atoms with E-state index >= 15 is 0 Å². The summed E-state index contributed by atoms with van der Waals surface area (Å²) in [6.45, 7) is 0.312. The van der Waals surface area contributed by atoms with Gasteiger partial charge in [0, 0.05) is 0 Å². The third-order valence-corrected chi connectivity index (χ3v) is 3.21. The molecule has 0 spiro atoms. The highest BCUT2D eigenvalue weighted by Gasteiger charge is 2.09. The predicted octanol–water partition coefficient (Wildman–Crippen LogP) is 2.44. The van der Waals surface area contributed by atoms with Crippen molar-refractivity contribution in [2.75, 3.05) is 7.11 Å². The largest absolute Gasteiger partial charge is 0.497 e. The fourth-order valence-corrected chi connectivity index (χ4v) is 2.17. The molecule has 21 heavy (non-hydrogen) atoms. The molecule has 1 N–H and O–H groups in total. The van der Waals surface area contributed by atoms with Crippen LogP contribution in [0.25, 0.3) is 11.0 Å². The Bertz CT molecular complexity index is 722. The van der Waals surface area contributed by atoms with Crippen molar-refractivity contribution in [3.8, 4) is 11.5 Å². The Morgan fingerprint density at radius 2 is 1.81 bits per heavy atom. The number of ether oxygens (including phenoxy) is 2. The van der Waals surface area contributed by atoms with E-state index in [1.807, 2.05) is 28.8 Å². The van der Waals surface area contributed by atoms with Crippen molar-refractivity contribution >= 4 is 11.0 Å². The van der Waals surface area contributed by atoms with Gasteiger partial charge in [-0.1, -0.05) is 12.1 Å². The van der Waals surface area contributed by atoms with Crippen LogP contribution in [0.15, 0.2) is 54.9 Å². The number of fused-ring (bicyclic) bond motifs is 1. The van der Waals surface area contributed by atoms with E-state index < -0.39 is 6.29 Å². The quantitative estimate of drug-likeness (QED) is 0.731. The van der Waals surface area contributed by atoms with Gasteiger partial charge in [0.25, 0.3) is 0 Å². The maximum atomic E-state index is 10.1. The van der Waals surface area contributed by atoms with Gasteiger partial charge in [-0.25, -0.2) is 4.98 Å². The first-order valence-electron chi connectivity index (χ1n) is 6.65. The Kier molecular flexibility index (Phi) is 3.75. The molecule has 3 aromatic rings. The molecule has 0 saturated carbocycles. The molecule has 3 rings (SSSR count). The van der Waals surface area contributed by atoms with Gasteiger partial charge >= 0.3 is 0 Å². The zero-order valence-corrected chi connectivity index (χ0v) is 11.6. The molecule has 2 aromatic carbocycles. The smallest absolute Gasteiger partial charge is 0.215 e. The number of methoxy groups -OCH3 is 1. The molecule has 0 bridgehead atoms. The molecule has 0 aliphatic carbocycles. The molecule has 1 heterocycles. The summed E-state index contributed by atoms with van der Waals surface area (Å²) in [4.78, 5) is 4.28. The van der Waals surface area contributed by atoms with Crippen molar-refractivity contribution < 1.29 is 14.6 Å². The number of imidazole rings is 1. The van der Waals surface area contributed by atoms with Gasteiger partial charge in [0.1, 0.15) is 11.5 Å². The molecule has 0 aliphatic rings. The van der Waals surface area contributed by atoms with Crippen LogP contribution in [0, 0.1) is 0 Å². The van der Waals surface area contributed by atoms with Crippen molar-refractivity contribution in [2.45, 2.75) is 12.8 Å². The van der Waals surface area contributed by atoms with Crippen LogP contribution in [0.5, 0.6) is 11.5 Å². The molecule has 1 aromatic heterocycles. The third-order valence-electron chi connectivity index (χ3n) is 3.21. The van der Waals surface area contributed by atoms with E-state index in [-0.39, 0.29) is 0 Å². The summed E-state index contributed by atoms with van der Waals surface area (Å²) in [6.07, 6.45) is 0.752. The lowest BCUT2D eigenvalue weighted by molar-refractivity contribution is -0.0286. The molecule has 5 heteroatoms. The van der Waals surface area contributed by atoms with E-state index in [4.69, 9.17) is 9.47 Å². The Balaban J connectivity index is 1.69. The molecule has 1 atom stereocenters. The number of aromatic nitrogens is 2. The molecule has 0 fully saturated rings. The van der Waals surface area contributed by atoms with Crippen LogP contribution in [0.4, 0.5) is 0 Å². The highest BCUT2D eigenvalue weighted by atomic mass is 16.6. The average molecular weight is 284 g/mol. The minimum absolute atomic E-state index is 0.312. The lowest BCUT2D eigenvalue weighted by Gasteiger charge is -2.14. The SMILES string of the molecule is COc1ccc(OC(O)Cn2cnc3ccccc32)cc1. The van der Waals surface area contributed by atoms with Gasteiger partial charge in [0.05, 0.1) is 31.0 Å². The van der Waals surface area contributed by atoms with Gasteiger partial charge < -0.3 is 19.1 Å². The van der Waals surface area contributed by atoms with Crippen molar-refractivity contribution in [2.24, 2.45) is 0 Å². The summed E-state index contributed by atoms with van der Waals surface area (Å²) in [6, 6.07) is 14.9. The van der Waals surface area contributed by atoms with Gasteiger partial charge in [-0.15, -0.1) is 0 Å². The topological polar surface area (TPSA) is 56.5 Å². The van der Waals surface area contributed by atoms with Gasteiger partial charge in [-0.05, 0) is 36.4 Å². The molecule has 108 valence electrons. The highest BCUT2D eigenvalue weighted by molar-refractivity contribution is 5.74. The highest BCUT2D eigenvalue weighted by Crippen LogP contribution is 2.19. The van der Waals surface area contributed by atoms with Crippen LogP contribution in [0.1, 0.15) is 0 Å². The Labute approximate surface area is 122 Å². The van der Waals surface area contributed by atoms with Crippen LogP contribution in [-0.2, 0) is 6.54 Å². The zero-order valence-electron chi connectivity index (χ0n) is 11.6. The number of hydrogen-bond donors (Lipinski definition) is 1. The second kappa shape index (κ2) is 5.85. The van der Waals surface area contributed by atoms with Crippen molar-refractivity contribution in [3.05, 3.63) is 54.9 Å². The first-order valence-corrected chi connectivity index (χ1v) is 6.65. The number of rotatable bonds is 5. The summed E-state index contributed by atoms with van der Waals surface area (Å²) < 4.78 is 12.4. The molecular weight excluding hydrogens is 268 g/mol. The summed E-state index contributed by atoms with van der Waals surface area (Å²) in [7, 11) is 1.61. The normalized spacial score (nSPS) is 12.3. The average Bonchev–Trinajstić information content (AvgIpc) is 2.91. The number of aliphatic hydroxyl groups excluding tert-OH is 1. The number of aliphatic hydroxyl groups is 1. The zero-order chi connectivity index (χ0) is 14.7. The van der Waals surface area contributed by atoms with Gasteiger partial charge in [-0.3, -0.25) is 0 Å². The van der Waals surface area contributed by atoms with E-state index in [1.165, 1.54) is 0 Å². The molecule has 0 radical (unpaired) electrons. The van der Waals surface area contributed by atoms with Gasteiger partial charge in [-0.2, -0.15) is 0 Å². The standard InChI is InChI=1S/C16H16N2O3/c1-20-12-6-8-13(9-7-12)21-16(19)10-18-11-17-14-4-2-3-5-15(14)18/h2-9,11,16,19H,10H2,1H3. The van der Waals surface area contributed by atoms with E-state index in [1.54, 1.807) is 37.7 Å². The monoisotopic (exact) mass is 284 g/mol. The molecule has 5 nitrogen and oxygen atoms in total. The van der Waals surface area contributed by atoms with E-state index in [9.17, 15) is 5.11 Å². The van der Waals surface area contributed by atoms with Gasteiger partial charge in [0.2, 0.25) is 6.29 Å². The lowest BCUT2D eigenvalue weighted by atomic mass is 10.3. The van der Waals surface area contributed by atoms with Gasteiger partial charge in [0.15, 0.2) is 0 Å². The van der Waals surface area contributed by atoms with Crippen LogP contribution >= 0.6 is 0 Å². The number of para-hydroxylation sites is 2. The van der Waals surface area contributed by atoms with Crippen molar-refractivity contribution in [3.63, 3.8) is 0 Å². The minimum atomic E-state index is -0.948. The first-order chi connectivity index (χ1) is 10.3. The lowest BCUT2D eigenvalue weighted by Crippen LogP contribution is -2.22.